The van der Waals surface area contributed by atoms with Crippen molar-refractivity contribution in [1.82, 2.24) is 5.32 Å². The summed E-state index contributed by atoms with van der Waals surface area (Å²) in [6.07, 6.45) is 6.09. The number of esters is 1. The van der Waals surface area contributed by atoms with Gasteiger partial charge in [-0.25, -0.2) is 0 Å². The molecule has 80 valence electrons. The molecular weight excluding hydrogens is 178 g/mol. The summed E-state index contributed by atoms with van der Waals surface area (Å²) >= 11 is 0. The first-order valence-electron chi connectivity index (χ1n) is 5.74. The molecule has 0 aliphatic heterocycles. The minimum absolute atomic E-state index is 0.0174. The summed E-state index contributed by atoms with van der Waals surface area (Å²) in [6.45, 7) is 2.36. The number of carbonyl (C=O) groups excluding carboxylic acids is 1. The number of hydrogen-bond donors (Lipinski definition) is 1. The predicted octanol–water partition coefficient (Wildman–Crippen LogP) is 1.47. The molecule has 0 aromatic carbocycles. The molecular formula is C11H19NO2. The summed E-state index contributed by atoms with van der Waals surface area (Å²) in [6, 6.07) is 0.571. The molecule has 1 unspecified atom stereocenters. The van der Waals surface area contributed by atoms with Crippen molar-refractivity contribution in [2.45, 2.75) is 51.1 Å². The van der Waals surface area contributed by atoms with E-state index in [4.69, 9.17) is 4.74 Å². The first kappa shape index (κ1) is 9.97. The van der Waals surface area contributed by atoms with Crippen LogP contribution in [0.25, 0.3) is 0 Å². The Kier molecular flexibility index (Phi) is 3.06. The number of hydrogen-bond acceptors (Lipinski definition) is 3. The Labute approximate surface area is 85.2 Å². The summed E-state index contributed by atoms with van der Waals surface area (Å²) in [5.74, 6) is 0.499. The van der Waals surface area contributed by atoms with Crippen LogP contribution in [0.2, 0.25) is 0 Å². The first-order valence-corrected chi connectivity index (χ1v) is 5.74. The van der Waals surface area contributed by atoms with Gasteiger partial charge in [0.1, 0.15) is 6.04 Å². The average molecular weight is 197 g/mol. The number of rotatable bonds is 5. The van der Waals surface area contributed by atoms with Crippen molar-refractivity contribution in [2.75, 3.05) is 6.61 Å². The standard InChI is InChI=1S/C11H19NO2/c1-2-14-11(13)10(8-4-3-5-8)12-9-6-7-9/h8-10,12H,2-7H2,1H3. The second-order valence-electron chi connectivity index (χ2n) is 4.36. The van der Waals surface area contributed by atoms with Crippen LogP contribution in [0.5, 0.6) is 0 Å². The topological polar surface area (TPSA) is 38.3 Å². The van der Waals surface area contributed by atoms with Gasteiger partial charge in [0.05, 0.1) is 6.61 Å². The quantitative estimate of drug-likeness (QED) is 0.678. The van der Waals surface area contributed by atoms with E-state index in [0.29, 0.717) is 18.6 Å². The Morgan fingerprint density at radius 1 is 1.43 bits per heavy atom. The molecule has 1 atom stereocenters. The van der Waals surface area contributed by atoms with Gasteiger partial charge < -0.3 is 10.1 Å². The van der Waals surface area contributed by atoms with E-state index in [9.17, 15) is 4.79 Å². The molecule has 1 N–H and O–H groups in total. The minimum Gasteiger partial charge on any atom is -0.465 e. The second kappa shape index (κ2) is 4.30. The van der Waals surface area contributed by atoms with Crippen molar-refractivity contribution in [3.05, 3.63) is 0 Å². The van der Waals surface area contributed by atoms with Crippen LogP contribution < -0.4 is 5.32 Å². The summed E-state index contributed by atoms with van der Waals surface area (Å²) < 4.78 is 5.09. The van der Waals surface area contributed by atoms with E-state index in [2.05, 4.69) is 5.32 Å². The summed E-state index contributed by atoms with van der Waals surface area (Å²) in [5, 5.41) is 3.40. The highest BCUT2D eigenvalue weighted by Gasteiger charge is 2.37. The third-order valence-corrected chi connectivity index (χ3v) is 3.15. The van der Waals surface area contributed by atoms with Crippen LogP contribution in [0.3, 0.4) is 0 Å². The van der Waals surface area contributed by atoms with Gasteiger partial charge in [-0.15, -0.1) is 0 Å². The van der Waals surface area contributed by atoms with E-state index in [1.165, 1.54) is 32.1 Å². The smallest absolute Gasteiger partial charge is 0.323 e. The molecule has 3 heteroatoms. The molecule has 0 bridgehead atoms. The Morgan fingerprint density at radius 3 is 2.57 bits per heavy atom. The fourth-order valence-corrected chi connectivity index (χ4v) is 1.91. The van der Waals surface area contributed by atoms with Crippen molar-refractivity contribution in [3.8, 4) is 0 Å². The lowest BCUT2D eigenvalue weighted by Gasteiger charge is -2.32. The summed E-state index contributed by atoms with van der Waals surface area (Å²) in [5.41, 5.74) is 0. The fraction of sp³-hybridized carbons (Fsp3) is 0.909. The molecule has 0 aromatic heterocycles. The molecule has 2 aliphatic carbocycles. The molecule has 14 heavy (non-hydrogen) atoms. The SMILES string of the molecule is CCOC(=O)C(NC1CC1)C1CCC1. The summed E-state index contributed by atoms with van der Waals surface area (Å²) in [4.78, 5) is 11.7. The zero-order valence-corrected chi connectivity index (χ0v) is 8.79. The Morgan fingerprint density at radius 2 is 2.14 bits per heavy atom. The third kappa shape index (κ3) is 2.27. The van der Waals surface area contributed by atoms with Crippen LogP contribution in [-0.2, 0) is 9.53 Å². The van der Waals surface area contributed by atoms with Gasteiger partial charge >= 0.3 is 5.97 Å². The van der Waals surface area contributed by atoms with Crippen molar-refractivity contribution >= 4 is 5.97 Å². The third-order valence-electron chi connectivity index (χ3n) is 3.15. The lowest BCUT2D eigenvalue weighted by atomic mass is 9.79. The first-order chi connectivity index (χ1) is 6.81. The van der Waals surface area contributed by atoms with Gasteiger partial charge in [-0.1, -0.05) is 6.42 Å². The second-order valence-corrected chi connectivity index (χ2v) is 4.36. The number of ether oxygens (including phenoxy) is 1. The van der Waals surface area contributed by atoms with E-state index in [1.54, 1.807) is 0 Å². The van der Waals surface area contributed by atoms with Crippen LogP contribution in [0.1, 0.15) is 39.0 Å². The maximum Gasteiger partial charge on any atom is 0.323 e. The van der Waals surface area contributed by atoms with Crippen molar-refractivity contribution in [3.63, 3.8) is 0 Å². The summed E-state index contributed by atoms with van der Waals surface area (Å²) in [7, 11) is 0. The van der Waals surface area contributed by atoms with Gasteiger partial charge in [-0.3, -0.25) is 4.79 Å². The lowest BCUT2D eigenvalue weighted by Crippen LogP contribution is -2.47. The molecule has 2 rings (SSSR count). The van der Waals surface area contributed by atoms with Crippen molar-refractivity contribution < 1.29 is 9.53 Å². The minimum atomic E-state index is -0.0379. The lowest BCUT2D eigenvalue weighted by molar-refractivity contribution is -0.148. The maximum absolute atomic E-state index is 11.7. The zero-order valence-electron chi connectivity index (χ0n) is 8.79. The molecule has 0 amide bonds. The van der Waals surface area contributed by atoms with Gasteiger partial charge in [-0.05, 0) is 38.5 Å². The Bertz CT molecular complexity index is 209. The van der Waals surface area contributed by atoms with Crippen LogP contribution >= 0.6 is 0 Å². The fourth-order valence-electron chi connectivity index (χ4n) is 1.91. The van der Waals surface area contributed by atoms with Crippen LogP contribution in [0, 0.1) is 5.92 Å². The Balaban J connectivity index is 1.85. The molecule has 2 aliphatic rings. The molecule has 0 aromatic rings. The van der Waals surface area contributed by atoms with Gasteiger partial charge in [0.15, 0.2) is 0 Å². The Hall–Kier alpha value is -0.570. The molecule has 0 radical (unpaired) electrons. The van der Waals surface area contributed by atoms with Crippen molar-refractivity contribution in [2.24, 2.45) is 5.92 Å². The molecule has 0 heterocycles. The molecule has 2 fully saturated rings. The van der Waals surface area contributed by atoms with Crippen LogP contribution in [0.4, 0.5) is 0 Å². The largest absolute Gasteiger partial charge is 0.465 e. The van der Waals surface area contributed by atoms with E-state index >= 15 is 0 Å². The molecule has 0 saturated heterocycles. The van der Waals surface area contributed by atoms with Crippen LogP contribution in [0.15, 0.2) is 0 Å². The zero-order chi connectivity index (χ0) is 9.97. The van der Waals surface area contributed by atoms with E-state index in [0.717, 1.165) is 0 Å². The van der Waals surface area contributed by atoms with E-state index in [1.807, 2.05) is 6.92 Å². The van der Waals surface area contributed by atoms with E-state index in [-0.39, 0.29) is 12.0 Å². The number of nitrogens with one attached hydrogen (secondary N) is 1. The average Bonchev–Trinajstić information content (AvgIpc) is 2.84. The van der Waals surface area contributed by atoms with Gasteiger partial charge in [-0.2, -0.15) is 0 Å². The molecule has 3 nitrogen and oxygen atoms in total. The normalized spacial score (nSPS) is 24.1. The maximum atomic E-state index is 11.7. The highest BCUT2D eigenvalue weighted by atomic mass is 16.5. The van der Waals surface area contributed by atoms with Gasteiger partial charge in [0.2, 0.25) is 0 Å². The van der Waals surface area contributed by atoms with Crippen LogP contribution in [-0.4, -0.2) is 24.7 Å². The molecule has 0 spiro atoms. The van der Waals surface area contributed by atoms with Crippen molar-refractivity contribution in [1.29, 1.82) is 0 Å². The monoisotopic (exact) mass is 197 g/mol. The van der Waals surface area contributed by atoms with Gasteiger partial charge in [0, 0.05) is 6.04 Å². The molecule has 2 saturated carbocycles. The van der Waals surface area contributed by atoms with Gasteiger partial charge in [0.25, 0.3) is 0 Å². The highest BCUT2D eigenvalue weighted by Crippen LogP contribution is 2.32. The highest BCUT2D eigenvalue weighted by molar-refractivity contribution is 5.76. The van der Waals surface area contributed by atoms with E-state index < -0.39 is 0 Å². The predicted molar refractivity (Wildman–Crippen MR) is 53.9 cm³/mol. The number of carbonyl (C=O) groups is 1.